The summed E-state index contributed by atoms with van der Waals surface area (Å²) < 4.78 is 39.6. The fourth-order valence-electron chi connectivity index (χ4n) is 1.50. The van der Waals surface area contributed by atoms with Gasteiger partial charge < -0.3 is 20.5 Å². The number of halogens is 3. The van der Waals surface area contributed by atoms with Crippen LogP contribution in [-0.4, -0.2) is 30.0 Å². The molecule has 0 aromatic heterocycles. The van der Waals surface area contributed by atoms with Crippen molar-refractivity contribution in [2.75, 3.05) is 6.54 Å². The third-order valence-electron chi connectivity index (χ3n) is 2.46. The molecule has 6 nitrogen and oxygen atoms in total. The molecule has 0 aliphatic heterocycles. The maximum Gasteiger partial charge on any atom is 0.573 e. The van der Waals surface area contributed by atoms with Crippen LogP contribution in [-0.2, 0) is 11.3 Å². The van der Waals surface area contributed by atoms with Gasteiger partial charge in [0.05, 0.1) is 0 Å². The third-order valence-corrected chi connectivity index (χ3v) is 2.46. The lowest BCUT2D eigenvalue weighted by Gasteiger charge is -2.10. The average Bonchev–Trinajstić information content (AvgIpc) is 2.41. The molecule has 0 bridgehead atoms. The number of ether oxygens (including phenoxy) is 1. The molecule has 2 amide bonds. The molecule has 22 heavy (non-hydrogen) atoms. The molecule has 0 atom stereocenters. The van der Waals surface area contributed by atoms with Gasteiger partial charge in [0.2, 0.25) is 0 Å². The summed E-state index contributed by atoms with van der Waals surface area (Å²) in [7, 11) is 0. The van der Waals surface area contributed by atoms with E-state index in [1.807, 2.05) is 0 Å². The molecule has 0 saturated carbocycles. The Morgan fingerprint density at radius 3 is 2.32 bits per heavy atom. The smallest absolute Gasteiger partial charge is 0.481 e. The molecule has 0 saturated heterocycles. The minimum Gasteiger partial charge on any atom is -0.481 e. The van der Waals surface area contributed by atoms with E-state index in [-0.39, 0.29) is 25.3 Å². The molecule has 3 N–H and O–H groups in total. The van der Waals surface area contributed by atoms with Gasteiger partial charge in [0.1, 0.15) is 5.75 Å². The molecule has 0 radical (unpaired) electrons. The maximum absolute atomic E-state index is 12.0. The fourth-order valence-corrected chi connectivity index (χ4v) is 1.50. The summed E-state index contributed by atoms with van der Waals surface area (Å²) in [5.74, 6) is -1.28. The fraction of sp³-hybridized carbons (Fsp3) is 0.385. The van der Waals surface area contributed by atoms with Gasteiger partial charge in [-0.1, -0.05) is 12.1 Å². The zero-order chi connectivity index (χ0) is 16.6. The molecule has 0 heterocycles. The van der Waals surface area contributed by atoms with Crippen molar-refractivity contribution in [3.63, 3.8) is 0 Å². The van der Waals surface area contributed by atoms with Crippen LogP contribution in [0.4, 0.5) is 18.0 Å². The second kappa shape index (κ2) is 8.11. The SMILES string of the molecule is O=C(O)CCCNC(=O)NCc1ccc(OC(F)(F)F)cc1. The lowest BCUT2D eigenvalue weighted by molar-refractivity contribution is -0.274. The number of benzene rings is 1. The monoisotopic (exact) mass is 320 g/mol. The topological polar surface area (TPSA) is 87.7 Å². The number of hydrogen-bond acceptors (Lipinski definition) is 3. The Morgan fingerprint density at radius 1 is 1.14 bits per heavy atom. The van der Waals surface area contributed by atoms with E-state index in [2.05, 4.69) is 15.4 Å². The standard InChI is InChI=1S/C13H15F3N2O4/c14-13(15,16)22-10-5-3-9(4-6-10)8-18-12(21)17-7-1-2-11(19)20/h3-6H,1-2,7-8H2,(H,19,20)(H2,17,18,21). The summed E-state index contributed by atoms with van der Waals surface area (Å²) in [4.78, 5) is 21.6. The molecule has 1 rings (SSSR count). The van der Waals surface area contributed by atoms with Gasteiger partial charge in [0.25, 0.3) is 0 Å². The molecule has 1 aromatic carbocycles. The number of nitrogens with one attached hydrogen (secondary N) is 2. The normalized spacial score (nSPS) is 10.9. The summed E-state index contributed by atoms with van der Waals surface area (Å²) in [6.45, 7) is 0.341. The molecule has 0 fully saturated rings. The van der Waals surface area contributed by atoms with Crippen LogP contribution >= 0.6 is 0 Å². The van der Waals surface area contributed by atoms with Crippen LogP contribution in [0, 0.1) is 0 Å². The van der Waals surface area contributed by atoms with Crippen LogP contribution in [0.1, 0.15) is 18.4 Å². The van der Waals surface area contributed by atoms with Gasteiger partial charge in [-0.25, -0.2) is 4.79 Å². The minimum atomic E-state index is -4.74. The Balaban J connectivity index is 2.29. The van der Waals surface area contributed by atoms with Crippen molar-refractivity contribution in [3.05, 3.63) is 29.8 Å². The molecule has 0 unspecified atom stereocenters. The molecule has 9 heteroatoms. The summed E-state index contributed by atoms with van der Waals surface area (Å²) in [6, 6.07) is 4.60. The predicted molar refractivity (Wildman–Crippen MR) is 70.2 cm³/mol. The van der Waals surface area contributed by atoms with E-state index in [1.54, 1.807) is 0 Å². The maximum atomic E-state index is 12.0. The average molecular weight is 320 g/mol. The first-order valence-electron chi connectivity index (χ1n) is 6.34. The summed E-state index contributed by atoms with van der Waals surface area (Å²) >= 11 is 0. The Bertz CT molecular complexity index is 503. The Kier molecular flexibility index (Phi) is 6.48. The first kappa shape index (κ1) is 17.6. The van der Waals surface area contributed by atoms with Crippen LogP contribution in [0.25, 0.3) is 0 Å². The van der Waals surface area contributed by atoms with Crippen LogP contribution in [0.15, 0.2) is 24.3 Å². The van der Waals surface area contributed by atoms with Crippen molar-refractivity contribution in [2.24, 2.45) is 0 Å². The zero-order valence-electron chi connectivity index (χ0n) is 11.4. The van der Waals surface area contributed by atoms with Gasteiger partial charge in [-0.3, -0.25) is 4.79 Å². The van der Waals surface area contributed by atoms with Crippen molar-refractivity contribution in [3.8, 4) is 5.75 Å². The Morgan fingerprint density at radius 2 is 1.77 bits per heavy atom. The van der Waals surface area contributed by atoms with Gasteiger partial charge in [-0.15, -0.1) is 13.2 Å². The van der Waals surface area contributed by atoms with E-state index in [9.17, 15) is 22.8 Å². The summed E-state index contributed by atoms with van der Waals surface area (Å²) in [6.07, 6.45) is -4.47. The van der Waals surface area contributed by atoms with Crippen molar-refractivity contribution in [1.82, 2.24) is 10.6 Å². The van der Waals surface area contributed by atoms with Crippen LogP contribution in [0.5, 0.6) is 5.75 Å². The number of alkyl halides is 3. The highest BCUT2D eigenvalue weighted by Crippen LogP contribution is 2.22. The number of rotatable bonds is 7. The molecule has 0 aliphatic rings. The van der Waals surface area contributed by atoms with E-state index in [1.165, 1.54) is 12.1 Å². The summed E-state index contributed by atoms with van der Waals surface area (Å²) in [5, 5.41) is 13.4. The van der Waals surface area contributed by atoms with Gasteiger partial charge in [0.15, 0.2) is 0 Å². The van der Waals surface area contributed by atoms with Crippen molar-refractivity contribution in [1.29, 1.82) is 0 Å². The highest BCUT2D eigenvalue weighted by molar-refractivity contribution is 5.73. The predicted octanol–water partition coefficient (Wildman–Crippen LogP) is 2.25. The van der Waals surface area contributed by atoms with Crippen LogP contribution < -0.4 is 15.4 Å². The van der Waals surface area contributed by atoms with E-state index in [0.29, 0.717) is 12.0 Å². The molecule has 0 spiro atoms. The second-order valence-electron chi connectivity index (χ2n) is 4.30. The largest absolute Gasteiger partial charge is 0.573 e. The molecule has 0 aliphatic carbocycles. The number of aliphatic carboxylic acids is 1. The number of carboxylic acids is 1. The summed E-state index contributed by atoms with van der Waals surface area (Å²) in [5.41, 5.74) is 0.593. The number of carbonyl (C=O) groups excluding carboxylic acids is 1. The molecule has 1 aromatic rings. The van der Waals surface area contributed by atoms with E-state index in [0.717, 1.165) is 12.1 Å². The minimum absolute atomic E-state index is 0.0407. The Hall–Kier alpha value is -2.45. The first-order chi connectivity index (χ1) is 10.3. The molecule has 122 valence electrons. The van der Waals surface area contributed by atoms with E-state index >= 15 is 0 Å². The Labute approximate surface area is 124 Å². The third kappa shape index (κ3) is 7.98. The van der Waals surface area contributed by atoms with Crippen molar-refractivity contribution >= 4 is 12.0 Å². The van der Waals surface area contributed by atoms with Crippen molar-refractivity contribution < 1.29 is 32.6 Å². The van der Waals surface area contributed by atoms with E-state index in [4.69, 9.17) is 5.11 Å². The quantitative estimate of drug-likeness (QED) is 0.672. The van der Waals surface area contributed by atoms with Gasteiger partial charge >= 0.3 is 18.4 Å². The van der Waals surface area contributed by atoms with Crippen LogP contribution in [0.2, 0.25) is 0 Å². The highest BCUT2D eigenvalue weighted by atomic mass is 19.4. The zero-order valence-corrected chi connectivity index (χ0v) is 11.4. The second-order valence-corrected chi connectivity index (χ2v) is 4.30. The number of urea groups is 1. The number of carboxylic acid groups (broad SMARTS) is 1. The lowest BCUT2D eigenvalue weighted by atomic mass is 10.2. The number of carbonyl (C=O) groups is 2. The number of amides is 2. The van der Waals surface area contributed by atoms with E-state index < -0.39 is 18.4 Å². The van der Waals surface area contributed by atoms with Gasteiger partial charge in [-0.2, -0.15) is 0 Å². The van der Waals surface area contributed by atoms with Crippen LogP contribution in [0.3, 0.4) is 0 Å². The highest BCUT2D eigenvalue weighted by Gasteiger charge is 2.30. The number of hydrogen-bond donors (Lipinski definition) is 3. The van der Waals surface area contributed by atoms with Crippen molar-refractivity contribution in [2.45, 2.75) is 25.7 Å². The molecular weight excluding hydrogens is 305 g/mol. The first-order valence-corrected chi connectivity index (χ1v) is 6.34. The molecular formula is C13H15F3N2O4. The van der Waals surface area contributed by atoms with Gasteiger partial charge in [0, 0.05) is 19.5 Å². The van der Waals surface area contributed by atoms with Gasteiger partial charge in [-0.05, 0) is 24.1 Å². The lowest BCUT2D eigenvalue weighted by Crippen LogP contribution is -2.35.